The number of carbonyl (C=O) groups is 1. The number of carbonyl (C=O) groups excluding carboxylic acids is 1. The van der Waals surface area contributed by atoms with Crippen molar-refractivity contribution in [1.82, 2.24) is 0 Å². The number of hydrogen-bond acceptors (Lipinski definition) is 3. The standard InChI is InChI=1S/C10H14O3/c11-7-1-3-9-5-6-10(13-9)4-2-8-12/h5-7,12H,1-4,8H2. The molecular formula is C10H14O3. The molecular weight excluding hydrogens is 168 g/mol. The van der Waals surface area contributed by atoms with Gasteiger partial charge >= 0.3 is 0 Å². The van der Waals surface area contributed by atoms with Gasteiger partial charge in [0.2, 0.25) is 0 Å². The zero-order valence-electron chi connectivity index (χ0n) is 7.53. The number of hydrogen-bond donors (Lipinski definition) is 1. The first-order chi connectivity index (χ1) is 6.36. The molecule has 1 aromatic heterocycles. The van der Waals surface area contributed by atoms with E-state index in [4.69, 9.17) is 9.52 Å². The second-order valence-corrected chi connectivity index (χ2v) is 2.90. The maximum Gasteiger partial charge on any atom is 0.120 e. The second kappa shape index (κ2) is 5.54. The lowest BCUT2D eigenvalue weighted by atomic mass is 10.2. The smallest absolute Gasteiger partial charge is 0.120 e. The lowest BCUT2D eigenvalue weighted by Gasteiger charge is -1.93. The van der Waals surface area contributed by atoms with E-state index in [1.807, 2.05) is 12.1 Å². The van der Waals surface area contributed by atoms with E-state index in [-0.39, 0.29) is 6.61 Å². The fourth-order valence-corrected chi connectivity index (χ4v) is 1.15. The molecule has 0 atom stereocenters. The number of aliphatic hydroxyl groups excluding tert-OH is 1. The average Bonchev–Trinajstić information content (AvgIpc) is 2.59. The molecule has 13 heavy (non-hydrogen) atoms. The highest BCUT2D eigenvalue weighted by Crippen LogP contribution is 2.11. The highest BCUT2D eigenvalue weighted by atomic mass is 16.3. The first kappa shape index (κ1) is 9.99. The van der Waals surface area contributed by atoms with Crippen molar-refractivity contribution in [3.05, 3.63) is 23.7 Å². The van der Waals surface area contributed by atoms with E-state index in [1.165, 1.54) is 0 Å². The van der Waals surface area contributed by atoms with Crippen LogP contribution in [0.2, 0.25) is 0 Å². The van der Waals surface area contributed by atoms with Gasteiger partial charge in [-0.25, -0.2) is 0 Å². The van der Waals surface area contributed by atoms with Crippen molar-refractivity contribution in [1.29, 1.82) is 0 Å². The summed E-state index contributed by atoms with van der Waals surface area (Å²) in [4.78, 5) is 10.1. The first-order valence-corrected chi connectivity index (χ1v) is 4.49. The molecule has 3 heteroatoms. The molecule has 1 rings (SSSR count). The lowest BCUT2D eigenvalue weighted by Crippen LogP contribution is -1.86. The Bertz CT molecular complexity index is 252. The fourth-order valence-electron chi connectivity index (χ4n) is 1.15. The molecule has 0 aliphatic rings. The van der Waals surface area contributed by atoms with Gasteiger partial charge in [-0.3, -0.25) is 0 Å². The van der Waals surface area contributed by atoms with Crippen molar-refractivity contribution in [2.45, 2.75) is 25.7 Å². The highest BCUT2D eigenvalue weighted by Gasteiger charge is 2.00. The Morgan fingerprint density at radius 2 is 2.00 bits per heavy atom. The molecule has 1 heterocycles. The van der Waals surface area contributed by atoms with Gasteiger partial charge < -0.3 is 14.3 Å². The number of rotatable bonds is 6. The van der Waals surface area contributed by atoms with Crippen LogP contribution in [0.1, 0.15) is 24.4 Å². The van der Waals surface area contributed by atoms with Crippen LogP contribution in [0.3, 0.4) is 0 Å². The van der Waals surface area contributed by atoms with E-state index in [9.17, 15) is 4.79 Å². The summed E-state index contributed by atoms with van der Waals surface area (Å²) < 4.78 is 5.42. The van der Waals surface area contributed by atoms with E-state index in [2.05, 4.69) is 0 Å². The molecule has 0 amide bonds. The van der Waals surface area contributed by atoms with Crippen LogP contribution in [-0.2, 0) is 17.6 Å². The average molecular weight is 182 g/mol. The number of furan rings is 1. The Balaban J connectivity index is 2.38. The first-order valence-electron chi connectivity index (χ1n) is 4.49. The third kappa shape index (κ3) is 3.42. The van der Waals surface area contributed by atoms with Gasteiger partial charge in [0, 0.05) is 25.9 Å². The summed E-state index contributed by atoms with van der Waals surface area (Å²) >= 11 is 0. The Morgan fingerprint density at radius 1 is 1.31 bits per heavy atom. The predicted octanol–water partition coefficient (Wildman–Crippen LogP) is 1.34. The molecule has 0 radical (unpaired) electrons. The quantitative estimate of drug-likeness (QED) is 0.675. The van der Waals surface area contributed by atoms with Crippen LogP contribution in [-0.4, -0.2) is 18.0 Å². The Morgan fingerprint density at radius 3 is 2.62 bits per heavy atom. The van der Waals surface area contributed by atoms with Crippen molar-refractivity contribution in [3.63, 3.8) is 0 Å². The highest BCUT2D eigenvalue weighted by molar-refractivity contribution is 5.49. The van der Waals surface area contributed by atoms with E-state index in [0.717, 1.165) is 30.6 Å². The zero-order valence-corrected chi connectivity index (χ0v) is 7.53. The van der Waals surface area contributed by atoms with Crippen LogP contribution >= 0.6 is 0 Å². The largest absolute Gasteiger partial charge is 0.466 e. The minimum absolute atomic E-state index is 0.185. The summed E-state index contributed by atoms with van der Waals surface area (Å²) in [7, 11) is 0. The Labute approximate surface area is 77.4 Å². The van der Waals surface area contributed by atoms with Crippen molar-refractivity contribution >= 4 is 6.29 Å². The van der Waals surface area contributed by atoms with E-state index >= 15 is 0 Å². The third-order valence-corrected chi connectivity index (χ3v) is 1.81. The van der Waals surface area contributed by atoms with E-state index in [0.29, 0.717) is 12.8 Å². The van der Waals surface area contributed by atoms with Crippen LogP contribution in [0.5, 0.6) is 0 Å². The van der Waals surface area contributed by atoms with E-state index < -0.39 is 0 Å². The van der Waals surface area contributed by atoms with Gasteiger partial charge in [-0.05, 0) is 18.6 Å². The summed E-state index contributed by atoms with van der Waals surface area (Å²) in [5, 5.41) is 8.59. The zero-order chi connectivity index (χ0) is 9.52. The molecule has 1 aromatic rings. The maximum absolute atomic E-state index is 10.1. The molecule has 0 saturated carbocycles. The molecule has 72 valence electrons. The van der Waals surface area contributed by atoms with E-state index in [1.54, 1.807) is 0 Å². The van der Waals surface area contributed by atoms with Crippen molar-refractivity contribution in [2.24, 2.45) is 0 Å². The molecule has 0 spiro atoms. The predicted molar refractivity (Wildman–Crippen MR) is 48.5 cm³/mol. The van der Waals surface area contributed by atoms with Crippen LogP contribution in [0, 0.1) is 0 Å². The Kier molecular flexibility index (Phi) is 4.26. The monoisotopic (exact) mass is 182 g/mol. The lowest BCUT2D eigenvalue weighted by molar-refractivity contribution is -0.107. The SMILES string of the molecule is O=CCCc1ccc(CCCO)o1. The van der Waals surface area contributed by atoms with Crippen LogP contribution in [0.4, 0.5) is 0 Å². The van der Waals surface area contributed by atoms with Gasteiger partial charge in [0.05, 0.1) is 0 Å². The molecule has 0 aliphatic carbocycles. The topological polar surface area (TPSA) is 50.4 Å². The fraction of sp³-hybridized carbons (Fsp3) is 0.500. The van der Waals surface area contributed by atoms with Crippen molar-refractivity contribution in [2.75, 3.05) is 6.61 Å². The molecule has 0 aliphatic heterocycles. The van der Waals surface area contributed by atoms with Crippen LogP contribution < -0.4 is 0 Å². The molecule has 0 bridgehead atoms. The number of aryl methyl sites for hydroxylation is 2. The molecule has 0 aromatic carbocycles. The molecule has 0 saturated heterocycles. The summed E-state index contributed by atoms with van der Waals surface area (Å²) in [6.45, 7) is 0.185. The van der Waals surface area contributed by atoms with Gasteiger partial charge in [0.15, 0.2) is 0 Å². The summed E-state index contributed by atoms with van der Waals surface area (Å²) in [6, 6.07) is 3.78. The maximum atomic E-state index is 10.1. The van der Waals surface area contributed by atoms with Crippen molar-refractivity contribution < 1.29 is 14.3 Å². The summed E-state index contributed by atoms with van der Waals surface area (Å²) in [6.07, 6.45) is 3.55. The van der Waals surface area contributed by atoms with Crippen LogP contribution in [0.15, 0.2) is 16.5 Å². The normalized spacial score (nSPS) is 10.2. The molecule has 3 nitrogen and oxygen atoms in total. The molecule has 0 fully saturated rings. The third-order valence-electron chi connectivity index (χ3n) is 1.81. The van der Waals surface area contributed by atoms with Gasteiger partial charge in [-0.1, -0.05) is 0 Å². The van der Waals surface area contributed by atoms with Gasteiger partial charge in [0.25, 0.3) is 0 Å². The molecule has 1 N–H and O–H groups in total. The minimum Gasteiger partial charge on any atom is -0.466 e. The molecule has 0 unspecified atom stereocenters. The van der Waals surface area contributed by atoms with Gasteiger partial charge in [-0.15, -0.1) is 0 Å². The van der Waals surface area contributed by atoms with Crippen molar-refractivity contribution in [3.8, 4) is 0 Å². The summed E-state index contributed by atoms with van der Waals surface area (Å²) in [5.41, 5.74) is 0. The minimum atomic E-state index is 0.185. The number of aldehydes is 1. The second-order valence-electron chi connectivity index (χ2n) is 2.90. The Hall–Kier alpha value is -1.09. The summed E-state index contributed by atoms with van der Waals surface area (Å²) in [5.74, 6) is 1.73. The van der Waals surface area contributed by atoms with Gasteiger partial charge in [0.1, 0.15) is 17.8 Å². The number of aliphatic hydroxyl groups is 1. The van der Waals surface area contributed by atoms with Crippen LogP contribution in [0.25, 0.3) is 0 Å². The van der Waals surface area contributed by atoms with Gasteiger partial charge in [-0.2, -0.15) is 0 Å².